The summed E-state index contributed by atoms with van der Waals surface area (Å²) in [5, 5.41) is 7.14. The van der Waals surface area contributed by atoms with Gasteiger partial charge in [-0.2, -0.15) is 23.3 Å². The minimum absolute atomic E-state index is 0.372. The van der Waals surface area contributed by atoms with Crippen LogP contribution in [-0.4, -0.2) is 14.8 Å². The normalized spacial score (nSPS) is 16.6. The van der Waals surface area contributed by atoms with Crippen molar-refractivity contribution in [1.29, 1.82) is 0 Å². The lowest BCUT2D eigenvalue weighted by atomic mass is 10.0. The molecule has 1 N–H and O–H groups in total. The van der Waals surface area contributed by atoms with Crippen molar-refractivity contribution in [2.75, 3.05) is 5.32 Å². The first-order chi connectivity index (χ1) is 12.4. The summed E-state index contributed by atoms with van der Waals surface area (Å²) in [5.74, 6) is 0.0258. The molecule has 0 spiro atoms. The van der Waals surface area contributed by atoms with E-state index in [1.54, 1.807) is 29.0 Å². The van der Waals surface area contributed by atoms with Crippen LogP contribution in [-0.2, 0) is 6.18 Å². The Kier molecular flexibility index (Phi) is 3.75. The zero-order valence-electron chi connectivity index (χ0n) is 13.2. The van der Waals surface area contributed by atoms with Crippen LogP contribution in [0.3, 0.4) is 0 Å². The van der Waals surface area contributed by atoms with Crippen molar-refractivity contribution in [1.82, 2.24) is 14.8 Å². The number of alkyl halides is 3. The van der Waals surface area contributed by atoms with Crippen molar-refractivity contribution in [2.45, 2.75) is 12.2 Å². The number of nitrogens with zero attached hydrogens (tertiary/aromatic N) is 3. The maximum absolute atomic E-state index is 13.2. The van der Waals surface area contributed by atoms with Crippen LogP contribution in [0.1, 0.15) is 22.7 Å². The molecule has 3 aromatic rings. The molecule has 4 rings (SSSR count). The van der Waals surface area contributed by atoms with Gasteiger partial charge in [0.1, 0.15) is 18.2 Å². The molecule has 0 saturated heterocycles. The van der Waals surface area contributed by atoms with Crippen LogP contribution in [0.5, 0.6) is 0 Å². The Bertz CT molecular complexity index is 973. The SMILES string of the molecule is Fc1ccc(C2C=C(c3cccc(C(F)(F)F)c3)Nc3ncnn32)cc1. The van der Waals surface area contributed by atoms with Crippen molar-refractivity contribution < 1.29 is 17.6 Å². The number of benzene rings is 2. The Morgan fingerprint density at radius 1 is 1.04 bits per heavy atom. The van der Waals surface area contributed by atoms with Crippen molar-refractivity contribution in [2.24, 2.45) is 0 Å². The van der Waals surface area contributed by atoms with Gasteiger partial charge in [0.2, 0.25) is 5.95 Å². The van der Waals surface area contributed by atoms with Crippen molar-refractivity contribution in [3.63, 3.8) is 0 Å². The molecule has 1 aliphatic rings. The van der Waals surface area contributed by atoms with E-state index in [1.165, 1.54) is 24.5 Å². The molecule has 1 aliphatic heterocycles. The standard InChI is InChI=1S/C18H12F4N4/c19-14-6-4-11(5-7-14)16-9-15(25-17-23-10-24-26(16)17)12-2-1-3-13(8-12)18(20,21)22/h1-10,16H,(H,23,24,25). The second kappa shape index (κ2) is 5.98. The fourth-order valence-corrected chi connectivity index (χ4v) is 2.86. The second-order valence-corrected chi connectivity index (χ2v) is 5.81. The highest BCUT2D eigenvalue weighted by Crippen LogP contribution is 2.35. The number of allylic oxidation sites excluding steroid dienone is 1. The van der Waals surface area contributed by atoms with E-state index in [-0.39, 0.29) is 5.82 Å². The molecule has 2 heterocycles. The topological polar surface area (TPSA) is 42.7 Å². The molecule has 26 heavy (non-hydrogen) atoms. The number of hydrogen-bond donors (Lipinski definition) is 1. The van der Waals surface area contributed by atoms with Crippen LogP contribution in [0.4, 0.5) is 23.5 Å². The van der Waals surface area contributed by atoms with Gasteiger partial charge in [0.25, 0.3) is 0 Å². The van der Waals surface area contributed by atoms with E-state index in [9.17, 15) is 17.6 Å². The Labute approximate surface area is 145 Å². The molecule has 1 aromatic heterocycles. The number of fused-ring (bicyclic) bond motifs is 1. The predicted octanol–water partition coefficient (Wildman–Crippen LogP) is 4.49. The average Bonchev–Trinajstić information content (AvgIpc) is 3.10. The molecule has 2 aromatic carbocycles. The van der Waals surface area contributed by atoms with Crippen LogP contribution in [0.15, 0.2) is 60.9 Å². The van der Waals surface area contributed by atoms with E-state index in [0.29, 0.717) is 17.2 Å². The van der Waals surface area contributed by atoms with E-state index in [1.807, 2.05) is 0 Å². The van der Waals surface area contributed by atoms with Crippen LogP contribution in [0, 0.1) is 5.82 Å². The Morgan fingerprint density at radius 2 is 1.81 bits per heavy atom. The van der Waals surface area contributed by atoms with Gasteiger partial charge in [0, 0.05) is 5.70 Å². The van der Waals surface area contributed by atoms with Gasteiger partial charge in [-0.15, -0.1) is 0 Å². The van der Waals surface area contributed by atoms with Gasteiger partial charge in [0.15, 0.2) is 0 Å². The number of nitrogens with one attached hydrogen (secondary N) is 1. The van der Waals surface area contributed by atoms with Gasteiger partial charge in [-0.1, -0.05) is 24.3 Å². The van der Waals surface area contributed by atoms with E-state index in [2.05, 4.69) is 15.4 Å². The highest BCUT2D eigenvalue weighted by molar-refractivity contribution is 5.77. The second-order valence-electron chi connectivity index (χ2n) is 5.81. The van der Waals surface area contributed by atoms with E-state index < -0.39 is 17.8 Å². The first kappa shape index (κ1) is 16.3. The molecule has 0 fully saturated rings. The molecule has 0 amide bonds. The monoisotopic (exact) mass is 360 g/mol. The van der Waals surface area contributed by atoms with Crippen LogP contribution in [0.2, 0.25) is 0 Å². The summed E-state index contributed by atoms with van der Waals surface area (Å²) in [5.41, 5.74) is 0.860. The first-order valence-electron chi connectivity index (χ1n) is 7.73. The number of anilines is 1. The highest BCUT2D eigenvalue weighted by Gasteiger charge is 2.31. The number of aromatic nitrogens is 3. The van der Waals surface area contributed by atoms with Gasteiger partial charge in [-0.05, 0) is 41.5 Å². The lowest BCUT2D eigenvalue weighted by Crippen LogP contribution is -2.20. The first-order valence-corrected chi connectivity index (χ1v) is 7.73. The summed E-state index contributed by atoms with van der Waals surface area (Å²) in [6.07, 6.45) is -1.34. The molecule has 1 unspecified atom stereocenters. The largest absolute Gasteiger partial charge is 0.416 e. The van der Waals surface area contributed by atoms with Gasteiger partial charge >= 0.3 is 6.18 Å². The van der Waals surface area contributed by atoms with E-state index in [4.69, 9.17) is 0 Å². The molecule has 4 nitrogen and oxygen atoms in total. The summed E-state index contributed by atoms with van der Waals surface area (Å²) in [4.78, 5) is 4.10. The lowest BCUT2D eigenvalue weighted by Gasteiger charge is -2.24. The smallest absolute Gasteiger partial charge is 0.324 e. The fourth-order valence-electron chi connectivity index (χ4n) is 2.86. The van der Waals surface area contributed by atoms with Gasteiger partial charge in [-0.25, -0.2) is 9.07 Å². The van der Waals surface area contributed by atoms with Crippen molar-refractivity contribution in [3.05, 3.63) is 83.4 Å². The van der Waals surface area contributed by atoms with Crippen LogP contribution < -0.4 is 5.32 Å². The zero-order chi connectivity index (χ0) is 18.3. The molecular weight excluding hydrogens is 348 g/mol. The summed E-state index contributed by atoms with van der Waals surface area (Å²) in [6.45, 7) is 0. The molecule has 0 radical (unpaired) electrons. The minimum Gasteiger partial charge on any atom is -0.324 e. The van der Waals surface area contributed by atoms with Gasteiger partial charge < -0.3 is 5.32 Å². The molecule has 8 heteroatoms. The minimum atomic E-state index is -4.43. The summed E-state index contributed by atoms with van der Waals surface area (Å²) in [7, 11) is 0. The fraction of sp³-hybridized carbons (Fsp3) is 0.111. The molecule has 0 saturated carbocycles. The third kappa shape index (κ3) is 2.94. The van der Waals surface area contributed by atoms with Crippen LogP contribution in [0.25, 0.3) is 5.70 Å². The highest BCUT2D eigenvalue weighted by atomic mass is 19.4. The van der Waals surface area contributed by atoms with Crippen LogP contribution >= 0.6 is 0 Å². The predicted molar refractivity (Wildman–Crippen MR) is 87.6 cm³/mol. The van der Waals surface area contributed by atoms with Gasteiger partial charge in [0.05, 0.1) is 5.56 Å². The summed E-state index contributed by atoms with van der Waals surface area (Å²) < 4.78 is 53.8. The molecular formula is C18H12F4N4. The quantitative estimate of drug-likeness (QED) is 0.685. The third-order valence-corrected chi connectivity index (χ3v) is 4.12. The Morgan fingerprint density at radius 3 is 2.54 bits per heavy atom. The van der Waals surface area contributed by atoms with Crippen molar-refractivity contribution >= 4 is 11.6 Å². The Balaban J connectivity index is 1.79. The summed E-state index contributed by atoms with van der Waals surface area (Å²) in [6, 6.07) is 10.5. The van der Waals surface area contributed by atoms with Gasteiger partial charge in [-0.3, -0.25) is 0 Å². The zero-order valence-corrected chi connectivity index (χ0v) is 13.2. The average molecular weight is 360 g/mol. The number of halogens is 4. The Hall–Kier alpha value is -3.16. The molecule has 0 bridgehead atoms. The lowest BCUT2D eigenvalue weighted by molar-refractivity contribution is -0.137. The van der Waals surface area contributed by atoms with Crippen molar-refractivity contribution in [3.8, 4) is 0 Å². The molecule has 1 atom stereocenters. The number of hydrogen-bond acceptors (Lipinski definition) is 3. The third-order valence-electron chi connectivity index (χ3n) is 4.12. The van der Waals surface area contributed by atoms with E-state index in [0.717, 1.165) is 17.7 Å². The molecule has 132 valence electrons. The maximum atomic E-state index is 13.2. The maximum Gasteiger partial charge on any atom is 0.416 e. The van der Waals surface area contributed by atoms with E-state index >= 15 is 0 Å². The molecule has 0 aliphatic carbocycles. The summed E-state index contributed by atoms with van der Waals surface area (Å²) >= 11 is 0. The number of rotatable bonds is 2.